The molecule has 1 atom stereocenters. The van der Waals surface area contributed by atoms with Gasteiger partial charge in [0.1, 0.15) is 0 Å². The zero-order chi connectivity index (χ0) is 17.7. The van der Waals surface area contributed by atoms with E-state index in [2.05, 4.69) is 29.4 Å². The van der Waals surface area contributed by atoms with Crippen LogP contribution >= 0.6 is 0 Å². The Bertz CT molecular complexity index is 726. The summed E-state index contributed by atoms with van der Waals surface area (Å²) in [5.41, 5.74) is 0.622. The van der Waals surface area contributed by atoms with E-state index in [-0.39, 0.29) is 29.8 Å². The van der Waals surface area contributed by atoms with Crippen molar-refractivity contribution in [2.75, 3.05) is 13.2 Å². The van der Waals surface area contributed by atoms with Crippen LogP contribution < -0.4 is 5.32 Å². The van der Waals surface area contributed by atoms with E-state index in [1.54, 1.807) is 0 Å². The maximum Gasteiger partial charge on any atom is 0.272 e. The molecule has 0 bridgehead atoms. The molecule has 0 spiro atoms. The fraction of sp³-hybridized carbons (Fsp3) is 0.500. The third-order valence-corrected chi connectivity index (χ3v) is 3.87. The molecule has 24 heavy (non-hydrogen) atoms. The smallest absolute Gasteiger partial charge is 0.272 e. The molecule has 0 aliphatic carbocycles. The van der Waals surface area contributed by atoms with Gasteiger partial charge in [0.15, 0.2) is 5.69 Å². The quantitative estimate of drug-likeness (QED) is 0.505. The molecule has 0 saturated heterocycles. The van der Waals surface area contributed by atoms with Gasteiger partial charge < -0.3 is 10.4 Å². The maximum atomic E-state index is 12.4. The SMILES string of the molecule is CC(C)CC(CCO)CNC(=O)c1n[nH]c2ccc([N+](=O)[O-])cc12. The normalized spacial score (nSPS) is 12.5. The second-order valence-electron chi connectivity index (χ2n) is 6.28. The van der Waals surface area contributed by atoms with E-state index in [1.165, 1.54) is 18.2 Å². The van der Waals surface area contributed by atoms with E-state index >= 15 is 0 Å². The highest BCUT2D eigenvalue weighted by atomic mass is 16.6. The first kappa shape index (κ1) is 17.9. The van der Waals surface area contributed by atoms with Crippen molar-refractivity contribution in [3.8, 4) is 0 Å². The van der Waals surface area contributed by atoms with Crippen LogP contribution in [0.25, 0.3) is 10.9 Å². The zero-order valence-electron chi connectivity index (χ0n) is 13.8. The molecule has 0 saturated carbocycles. The summed E-state index contributed by atoms with van der Waals surface area (Å²) in [5, 5.41) is 29.9. The lowest BCUT2D eigenvalue weighted by Crippen LogP contribution is -2.30. The Morgan fingerprint density at radius 3 is 2.83 bits per heavy atom. The van der Waals surface area contributed by atoms with Gasteiger partial charge in [-0.1, -0.05) is 13.8 Å². The van der Waals surface area contributed by atoms with Gasteiger partial charge in [0, 0.05) is 30.7 Å². The fourth-order valence-corrected chi connectivity index (χ4v) is 2.76. The van der Waals surface area contributed by atoms with Crippen molar-refractivity contribution in [2.24, 2.45) is 11.8 Å². The van der Waals surface area contributed by atoms with Crippen LogP contribution in [0.1, 0.15) is 37.2 Å². The van der Waals surface area contributed by atoms with Crippen LogP contribution in [0.2, 0.25) is 0 Å². The van der Waals surface area contributed by atoms with E-state index in [9.17, 15) is 14.9 Å². The van der Waals surface area contributed by atoms with Crippen LogP contribution in [0.15, 0.2) is 18.2 Å². The van der Waals surface area contributed by atoms with Gasteiger partial charge in [-0.25, -0.2) is 0 Å². The first-order valence-corrected chi connectivity index (χ1v) is 7.94. The van der Waals surface area contributed by atoms with Crippen molar-refractivity contribution < 1.29 is 14.8 Å². The molecule has 130 valence electrons. The van der Waals surface area contributed by atoms with Crippen molar-refractivity contribution in [1.29, 1.82) is 0 Å². The highest BCUT2D eigenvalue weighted by molar-refractivity contribution is 6.05. The monoisotopic (exact) mass is 334 g/mol. The van der Waals surface area contributed by atoms with E-state index in [1.807, 2.05) is 0 Å². The molecule has 0 aliphatic heterocycles. The predicted molar refractivity (Wildman–Crippen MR) is 89.7 cm³/mol. The second kappa shape index (κ2) is 7.87. The number of nitro groups is 1. The standard InChI is InChI=1S/C16H22N4O4/c1-10(2)7-11(5-6-21)9-17-16(22)15-13-8-12(20(23)24)3-4-14(13)18-19-15/h3-4,8,10-11,21H,5-7,9H2,1-2H3,(H,17,22)(H,18,19). The van der Waals surface area contributed by atoms with Crippen LogP contribution in [-0.4, -0.2) is 39.3 Å². The molecule has 2 aromatic rings. The average molecular weight is 334 g/mol. The lowest BCUT2D eigenvalue weighted by molar-refractivity contribution is -0.384. The summed E-state index contributed by atoms with van der Waals surface area (Å²) >= 11 is 0. The van der Waals surface area contributed by atoms with Gasteiger partial charge >= 0.3 is 0 Å². The molecule has 1 aromatic carbocycles. The molecule has 1 amide bonds. The lowest BCUT2D eigenvalue weighted by atomic mass is 9.94. The number of benzene rings is 1. The van der Waals surface area contributed by atoms with Crippen molar-refractivity contribution in [1.82, 2.24) is 15.5 Å². The molecular formula is C16H22N4O4. The fourth-order valence-electron chi connectivity index (χ4n) is 2.76. The third-order valence-electron chi connectivity index (χ3n) is 3.87. The summed E-state index contributed by atoms with van der Waals surface area (Å²) in [6.45, 7) is 4.69. The molecular weight excluding hydrogens is 312 g/mol. The van der Waals surface area contributed by atoms with E-state index in [0.29, 0.717) is 29.8 Å². The number of fused-ring (bicyclic) bond motifs is 1. The highest BCUT2D eigenvalue weighted by Crippen LogP contribution is 2.22. The molecule has 2 rings (SSSR count). The Labute approximate surface area is 139 Å². The minimum atomic E-state index is -0.506. The molecule has 0 aliphatic rings. The number of aromatic nitrogens is 2. The molecule has 1 unspecified atom stereocenters. The molecule has 8 heteroatoms. The van der Waals surface area contributed by atoms with Crippen LogP contribution in [0.4, 0.5) is 5.69 Å². The number of aliphatic hydroxyl groups is 1. The number of carbonyl (C=O) groups is 1. The minimum Gasteiger partial charge on any atom is -0.396 e. The molecule has 0 radical (unpaired) electrons. The number of aromatic amines is 1. The Balaban J connectivity index is 2.13. The van der Waals surface area contributed by atoms with Crippen molar-refractivity contribution in [3.05, 3.63) is 34.0 Å². The van der Waals surface area contributed by atoms with E-state index in [4.69, 9.17) is 5.11 Å². The van der Waals surface area contributed by atoms with Gasteiger partial charge in [-0.3, -0.25) is 20.0 Å². The first-order chi connectivity index (χ1) is 11.4. The van der Waals surface area contributed by atoms with Gasteiger partial charge in [-0.15, -0.1) is 0 Å². The van der Waals surface area contributed by atoms with Crippen LogP contribution in [0, 0.1) is 22.0 Å². The average Bonchev–Trinajstić information content (AvgIpc) is 2.95. The van der Waals surface area contributed by atoms with E-state index in [0.717, 1.165) is 6.42 Å². The first-order valence-electron chi connectivity index (χ1n) is 7.94. The summed E-state index contributed by atoms with van der Waals surface area (Å²) < 4.78 is 0. The summed E-state index contributed by atoms with van der Waals surface area (Å²) in [6.07, 6.45) is 1.51. The number of non-ortho nitro benzene ring substituents is 1. The molecule has 1 heterocycles. The number of H-pyrrole nitrogens is 1. The summed E-state index contributed by atoms with van der Waals surface area (Å²) in [5.74, 6) is 0.263. The van der Waals surface area contributed by atoms with Crippen LogP contribution in [0.5, 0.6) is 0 Å². The number of aliphatic hydroxyl groups excluding tert-OH is 1. The van der Waals surface area contributed by atoms with Gasteiger partial charge in [-0.2, -0.15) is 5.10 Å². The van der Waals surface area contributed by atoms with Crippen molar-refractivity contribution >= 4 is 22.5 Å². The Morgan fingerprint density at radius 2 is 2.21 bits per heavy atom. The number of amides is 1. The van der Waals surface area contributed by atoms with Gasteiger partial charge in [-0.05, 0) is 30.7 Å². The van der Waals surface area contributed by atoms with Crippen LogP contribution in [-0.2, 0) is 0 Å². The van der Waals surface area contributed by atoms with Crippen molar-refractivity contribution in [2.45, 2.75) is 26.7 Å². The maximum absolute atomic E-state index is 12.4. The number of nitrogens with one attached hydrogen (secondary N) is 2. The Morgan fingerprint density at radius 1 is 1.46 bits per heavy atom. The Hall–Kier alpha value is -2.48. The largest absolute Gasteiger partial charge is 0.396 e. The second-order valence-corrected chi connectivity index (χ2v) is 6.28. The molecule has 3 N–H and O–H groups in total. The zero-order valence-corrected chi connectivity index (χ0v) is 13.8. The van der Waals surface area contributed by atoms with E-state index < -0.39 is 4.92 Å². The topological polar surface area (TPSA) is 121 Å². The summed E-state index contributed by atoms with van der Waals surface area (Å²) in [7, 11) is 0. The molecule has 1 aromatic heterocycles. The number of nitro benzene ring substituents is 1. The number of hydrogen-bond donors (Lipinski definition) is 3. The van der Waals surface area contributed by atoms with Gasteiger partial charge in [0.05, 0.1) is 10.4 Å². The number of carbonyl (C=O) groups excluding carboxylic acids is 1. The third kappa shape index (κ3) is 4.29. The summed E-state index contributed by atoms with van der Waals surface area (Å²) in [6, 6.07) is 4.24. The lowest BCUT2D eigenvalue weighted by Gasteiger charge is -2.18. The molecule has 0 fully saturated rings. The van der Waals surface area contributed by atoms with Gasteiger partial charge in [0.25, 0.3) is 11.6 Å². The predicted octanol–water partition coefficient (Wildman–Crippen LogP) is 2.25. The minimum absolute atomic E-state index is 0.0742. The number of nitrogens with zero attached hydrogens (tertiary/aromatic N) is 2. The van der Waals surface area contributed by atoms with Crippen LogP contribution in [0.3, 0.4) is 0 Å². The van der Waals surface area contributed by atoms with Gasteiger partial charge in [0.2, 0.25) is 0 Å². The highest BCUT2D eigenvalue weighted by Gasteiger charge is 2.18. The molecule has 8 nitrogen and oxygen atoms in total. The Kier molecular flexibility index (Phi) is 5.86. The number of hydrogen-bond acceptors (Lipinski definition) is 5. The number of rotatable bonds is 8. The van der Waals surface area contributed by atoms with Crippen molar-refractivity contribution in [3.63, 3.8) is 0 Å². The summed E-state index contributed by atoms with van der Waals surface area (Å²) in [4.78, 5) is 22.8.